The highest BCUT2D eigenvalue weighted by Crippen LogP contribution is 2.33. The molecule has 3 aromatic rings. The molecule has 0 radical (unpaired) electrons. The predicted molar refractivity (Wildman–Crippen MR) is 124 cm³/mol. The average molecular weight is 487 g/mol. The summed E-state index contributed by atoms with van der Waals surface area (Å²) in [6, 6.07) is 5.88. The first-order valence-corrected chi connectivity index (χ1v) is 11.9. The van der Waals surface area contributed by atoms with Crippen LogP contribution >= 0.6 is 0 Å². The number of nitrogens with zero attached hydrogens (tertiary/aromatic N) is 3. The molecule has 3 aromatic heterocycles. The summed E-state index contributed by atoms with van der Waals surface area (Å²) in [6.45, 7) is 4.00. The van der Waals surface area contributed by atoms with E-state index in [1.165, 1.54) is 18.2 Å². The number of ether oxygens (including phenoxy) is 3. The number of rotatable bonds is 8. The molecule has 1 saturated heterocycles. The van der Waals surface area contributed by atoms with E-state index in [9.17, 15) is 13.6 Å². The van der Waals surface area contributed by atoms with Crippen molar-refractivity contribution in [3.05, 3.63) is 53.6 Å². The molecular formula is C25H28F2N4O4. The molecule has 5 rings (SSSR count). The van der Waals surface area contributed by atoms with E-state index in [-0.39, 0.29) is 23.6 Å². The van der Waals surface area contributed by atoms with Gasteiger partial charge in [0.25, 0.3) is 12.3 Å². The number of alkyl halides is 2. The number of imidazole rings is 1. The molecule has 0 spiro atoms. The minimum Gasteiger partial charge on any atom is -0.489 e. The molecule has 1 aliphatic heterocycles. The predicted octanol–water partition coefficient (Wildman–Crippen LogP) is 4.76. The molecule has 2 aliphatic rings. The summed E-state index contributed by atoms with van der Waals surface area (Å²) in [5, 5.41) is 2.63. The number of hydrogen-bond donors (Lipinski definition) is 1. The Morgan fingerprint density at radius 1 is 1.20 bits per heavy atom. The van der Waals surface area contributed by atoms with Gasteiger partial charge < -0.3 is 23.9 Å². The standard InChI is InChI=1S/C25H28F2N4O4/c1-2-34-16-10-17(11-16)35-21-12-23-29-20(15-6-8-33-9-7-15)14-31(23)13-18(21)25(32)30-22-5-3-4-19(28-22)24(26)27/h3-5,12-17,24H,2,6-11H2,1H3,(H,28,30,32)/t16-,17+. The van der Waals surface area contributed by atoms with Crippen LogP contribution in [0, 0.1) is 0 Å². The molecule has 35 heavy (non-hydrogen) atoms. The quantitative estimate of drug-likeness (QED) is 0.494. The summed E-state index contributed by atoms with van der Waals surface area (Å²) in [4.78, 5) is 21.9. The van der Waals surface area contributed by atoms with E-state index >= 15 is 0 Å². The average Bonchev–Trinajstić information content (AvgIpc) is 3.26. The molecule has 186 valence electrons. The second-order valence-corrected chi connectivity index (χ2v) is 8.86. The second-order valence-electron chi connectivity index (χ2n) is 8.86. The first-order chi connectivity index (χ1) is 17.0. The molecule has 0 bridgehead atoms. The van der Waals surface area contributed by atoms with Gasteiger partial charge in [0.1, 0.15) is 29.0 Å². The van der Waals surface area contributed by atoms with E-state index in [1.807, 2.05) is 13.1 Å². The minimum atomic E-state index is -2.73. The molecule has 4 heterocycles. The van der Waals surface area contributed by atoms with Crippen LogP contribution in [0.2, 0.25) is 0 Å². The summed E-state index contributed by atoms with van der Waals surface area (Å²) < 4.78 is 45.2. The van der Waals surface area contributed by atoms with Crippen LogP contribution in [0.3, 0.4) is 0 Å². The number of pyridine rings is 2. The zero-order chi connectivity index (χ0) is 24.4. The lowest BCUT2D eigenvalue weighted by molar-refractivity contribution is -0.0564. The number of carbonyl (C=O) groups is 1. The van der Waals surface area contributed by atoms with Gasteiger partial charge in [0.05, 0.1) is 17.4 Å². The van der Waals surface area contributed by atoms with Crippen LogP contribution in [0.4, 0.5) is 14.6 Å². The molecule has 1 N–H and O–H groups in total. The number of amides is 1. The van der Waals surface area contributed by atoms with Crippen molar-refractivity contribution in [2.45, 2.75) is 57.2 Å². The first-order valence-electron chi connectivity index (χ1n) is 11.9. The van der Waals surface area contributed by atoms with Gasteiger partial charge in [-0.3, -0.25) is 4.79 Å². The van der Waals surface area contributed by atoms with E-state index < -0.39 is 18.0 Å². The molecule has 8 nitrogen and oxygen atoms in total. The number of aromatic nitrogens is 3. The van der Waals surface area contributed by atoms with E-state index in [0.29, 0.717) is 37.1 Å². The first kappa shape index (κ1) is 23.6. The van der Waals surface area contributed by atoms with Gasteiger partial charge in [-0.15, -0.1) is 0 Å². The van der Waals surface area contributed by atoms with Gasteiger partial charge >= 0.3 is 0 Å². The normalized spacial score (nSPS) is 20.7. The summed E-state index contributed by atoms with van der Waals surface area (Å²) in [5.41, 5.74) is 1.50. The monoisotopic (exact) mass is 486 g/mol. The van der Waals surface area contributed by atoms with Gasteiger partial charge in [0, 0.05) is 57.0 Å². The van der Waals surface area contributed by atoms with Gasteiger partial charge in [-0.2, -0.15) is 0 Å². The van der Waals surface area contributed by atoms with Crippen molar-refractivity contribution in [2.24, 2.45) is 0 Å². The van der Waals surface area contributed by atoms with Crippen molar-refractivity contribution >= 4 is 17.4 Å². The van der Waals surface area contributed by atoms with Gasteiger partial charge in [-0.1, -0.05) is 6.07 Å². The van der Waals surface area contributed by atoms with E-state index in [0.717, 1.165) is 31.4 Å². The zero-order valence-electron chi connectivity index (χ0n) is 19.5. The number of anilines is 1. The fourth-order valence-electron chi connectivity index (χ4n) is 4.48. The lowest BCUT2D eigenvalue weighted by atomic mass is 9.92. The molecule has 0 atom stereocenters. The Labute approximate surface area is 201 Å². The lowest BCUT2D eigenvalue weighted by Crippen LogP contribution is -2.39. The van der Waals surface area contributed by atoms with Gasteiger partial charge in [-0.25, -0.2) is 18.7 Å². The van der Waals surface area contributed by atoms with Crippen molar-refractivity contribution in [1.82, 2.24) is 14.4 Å². The Kier molecular flexibility index (Phi) is 6.92. The SMILES string of the molecule is CCO[C@H]1C[C@@H](Oc2cc3nc(C4CCOCC4)cn3cc2C(=O)Nc2cccc(C(F)F)n2)C1. The van der Waals surface area contributed by atoms with E-state index in [1.54, 1.807) is 16.7 Å². The number of hydrogen-bond acceptors (Lipinski definition) is 6. The van der Waals surface area contributed by atoms with Crippen LogP contribution < -0.4 is 10.1 Å². The maximum atomic E-state index is 13.2. The Hall–Kier alpha value is -3.11. The van der Waals surface area contributed by atoms with Crippen molar-refractivity contribution in [1.29, 1.82) is 0 Å². The highest BCUT2D eigenvalue weighted by molar-refractivity contribution is 6.05. The zero-order valence-corrected chi connectivity index (χ0v) is 19.5. The second kappa shape index (κ2) is 10.2. The van der Waals surface area contributed by atoms with Gasteiger partial charge in [-0.05, 0) is 31.9 Å². The summed E-state index contributed by atoms with van der Waals surface area (Å²) in [5.74, 6) is 0.240. The van der Waals surface area contributed by atoms with E-state index in [2.05, 4.69) is 10.3 Å². The van der Waals surface area contributed by atoms with Gasteiger partial charge in [0.15, 0.2) is 0 Å². The highest BCUT2D eigenvalue weighted by atomic mass is 19.3. The van der Waals surface area contributed by atoms with Crippen LogP contribution in [-0.4, -0.2) is 52.3 Å². The Balaban J connectivity index is 1.43. The Morgan fingerprint density at radius 2 is 2.00 bits per heavy atom. The molecule has 1 amide bonds. The summed E-state index contributed by atoms with van der Waals surface area (Å²) in [7, 11) is 0. The largest absolute Gasteiger partial charge is 0.489 e. The summed E-state index contributed by atoms with van der Waals surface area (Å²) in [6.07, 6.45) is 4.21. The third-order valence-corrected chi connectivity index (χ3v) is 6.44. The van der Waals surface area contributed by atoms with E-state index in [4.69, 9.17) is 19.2 Å². The Morgan fingerprint density at radius 3 is 2.74 bits per heavy atom. The third-order valence-electron chi connectivity index (χ3n) is 6.44. The fraction of sp³-hybridized carbons (Fsp3) is 0.480. The van der Waals surface area contributed by atoms with Crippen LogP contribution in [-0.2, 0) is 9.47 Å². The molecule has 1 saturated carbocycles. The lowest BCUT2D eigenvalue weighted by Gasteiger charge is -2.35. The van der Waals surface area contributed by atoms with Crippen molar-refractivity contribution in [3.8, 4) is 5.75 Å². The smallest absolute Gasteiger partial charge is 0.280 e. The molecule has 0 unspecified atom stereocenters. The molecule has 10 heteroatoms. The minimum absolute atomic E-state index is 0.0485. The van der Waals surface area contributed by atoms with Crippen molar-refractivity contribution in [2.75, 3.05) is 25.1 Å². The molecular weight excluding hydrogens is 458 g/mol. The molecule has 1 aliphatic carbocycles. The van der Waals surface area contributed by atoms with Crippen LogP contribution in [0.25, 0.3) is 5.65 Å². The number of carbonyl (C=O) groups excluding carboxylic acids is 1. The number of halogens is 2. The topological polar surface area (TPSA) is 87.0 Å². The van der Waals surface area contributed by atoms with Crippen LogP contribution in [0.5, 0.6) is 5.75 Å². The van der Waals surface area contributed by atoms with Crippen molar-refractivity contribution < 1.29 is 27.8 Å². The Bertz CT molecular complexity index is 1190. The molecule has 0 aromatic carbocycles. The fourth-order valence-corrected chi connectivity index (χ4v) is 4.48. The highest BCUT2D eigenvalue weighted by Gasteiger charge is 2.32. The number of nitrogens with one attached hydrogen (secondary N) is 1. The summed E-state index contributed by atoms with van der Waals surface area (Å²) >= 11 is 0. The third kappa shape index (κ3) is 5.28. The number of fused-ring (bicyclic) bond motifs is 1. The van der Waals surface area contributed by atoms with Crippen molar-refractivity contribution in [3.63, 3.8) is 0 Å². The van der Waals surface area contributed by atoms with Crippen LogP contribution in [0.1, 0.15) is 66.7 Å². The maximum Gasteiger partial charge on any atom is 0.280 e. The van der Waals surface area contributed by atoms with Crippen LogP contribution in [0.15, 0.2) is 36.7 Å². The maximum absolute atomic E-state index is 13.2. The molecule has 2 fully saturated rings. The van der Waals surface area contributed by atoms with Gasteiger partial charge in [0.2, 0.25) is 0 Å².